The first-order valence-corrected chi connectivity index (χ1v) is 5.42. The van der Waals surface area contributed by atoms with Crippen molar-refractivity contribution in [2.24, 2.45) is 23.7 Å². The lowest BCUT2D eigenvalue weighted by atomic mass is 9.73. The maximum Gasteiger partial charge on any atom is 0.309 e. The van der Waals surface area contributed by atoms with E-state index in [-0.39, 0.29) is 5.97 Å². The maximum atomic E-state index is 11.5. The molecule has 0 saturated heterocycles. The number of hydrogen-bond donors (Lipinski definition) is 1. The van der Waals surface area contributed by atoms with Gasteiger partial charge < -0.3 is 9.84 Å². The van der Waals surface area contributed by atoms with E-state index in [0.717, 1.165) is 12.8 Å². The van der Waals surface area contributed by atoms with Crippen molar-refractivity contribution in [3.8, 4) is 0 Å². The van der Waals surface area contributed by atoms with E-state index < -0.39 is 17.8 Å². The Labute approximate surface area is 88.6 Å². The fourth-order valence-electron chi connectivity index (χ4n) is 2.99. The number of esters is 1. The molecule has 4 heteroatoms. The SMILES string of the molecule is COC(=O)C1CC2CC(C2)CC1C(=O)O. The molecule has 3 aliphatic rings. The first kappa shape index (κ1) is 10.5. The minimum atomic E-state index is -0.849. The minimum Gasteiger partial charge on any atom is -0.481 e. The summed E-state index contributed by atoms with van der Waals surface area (Å²) < 4.78 is 4.69. The molecule has 0 aromatic carbocycles. The van der Waals surface area contributed by atoms with Crippen LogP contribution in [-0.4, -0.2) is 24.2 Å². The Kier molecular flexibility index (Phi) is 2.67. The van der Waals surface area contributed by atoms with Gasteiger partial charge in [-0.3, -0.25) is 9.59 Å². The number of aliphatic carboxylic acids is 1. The Morgan fingerprint density at radius 3 is 2.07 bits per heavy atom. The van der Waals surface area contributed by atoms with Gasteiger partial charge in [-0.25, -0.2) is 0 Å². The summed E-state index contributed by atoms with van der Waals surface area (Å²) in [4.78, 5) is 22.6. The van der Waals surface area contributed by atoms with Crippen molar-refractivity contribution in [2.45, 2.75) is 25.7 Å². The molecule has 2 unspecified atom stereocenters. The molecular weight excluding hydrogens is 196 g/mol. The minimum absolute atomic E-state index is 0.352. The van der Waals surface area contributed by atoms with Gasteiger partial charge in [0.15, 0.2) is 0 Å². The van der Waals surface area contributed by atoms with Crippen LogP contribution < -0.4 is 0 Å². The van der Waals surface area contributed by atoms with E-state index in [4.69, 9.17) is 9.84 Å². The summed E-state index contributed by atoms with van der Waals surface area (Å²) in [5.41, 5.74) is 0. The lowest BCUT2D eigenvalue weighted by Gasteiger charge is -2.32. The van der Waals surface area contributed by atoms with Gasteiger partial charge in [-0.1, -0.05) is 0 Å². The molecule has 3 aliphatic carbocycles. The Bertz CT molecular complexity index is 280. The lowest BCUT2D eigenvalue weighted by molar-refractivity contribution is -0.156. The van der Waals surface area contributed by atoms with Crippen molar-refractivity contribution < 1.29 is 19.4 Å². The number of fused-ring (bicyclic) bond motifs is 3. The van der Waals surface area contributed by atoms with Gasteiger partial charge in [-0.2, -0.15) is 0 Å². The molecule has 3 fully saturated rings. The van der Waals surface area contributed by atoms with E-state index in [1.807, 2.05) is 0 Å². The summed E-state index contributed by atoms with van der Waals surface area (Å²) in [6.07, 6.45) is 3.53. The third-order valence-corrected chi connectivity index (χ3v) is 3.81. The van der Waals surface area contributed by atoms with E-state index in [0.29, 0.717) is 24.7 Å². The van der Waals surface area contributed by atoms with Crippen LogP contribution >= 0.6 is 0 Å². The second-order valence-electron chi connectivity index (χ2n) is 4.75. The number of hydrogen-bond acceptors (Lipinski definition) is 3. The number of methoxy groups -OCH3 is 1. The zero-order valence-corrected chi connectivity index (χ0v) is 8.81. The van der Waals surface area contributed by atoms with Crippen LogP contribution in [0.2, 0.25) is 0 Å². The van der Waals surface area contributed by atoms with Crippen LogP contribution in [0, 0.1) is 23.7 Å². The molecule has 0 radical (unpaired) electrons. The lowest BCUT2D eigenvalue weighted by Crippen LogP contribution is -2.30. The number of carbonyl (C=O) groups excluding carboxylic acids is 1. The summed E-state index contributed by atoms with van der Waals surface area (Å²) in [5.74, 6) is -1.10. The third-order valence-electron chi connectivity index (χ3n) is 3.81. The van der Waals surface area contributed by atoms with Gasteiger partial charge in [0.2, 0.25) is 0 Å². The van der Waals surface area contributed by atoms with E-state index >= 15 is 0 Å². The number of carbonyl (C=O) groups is 2. The van der Waals surface area contributed by atoms with E-state index in [9.17, 15) is 9.59 Å². The largest absolute Gasteiger partial charge is 0.481 e. The maximum absolute atomic E-state index is 11.5. The van der Waals surface area contributed by atoms with Crippen LogP contribution in [-0.2, 0) is 14.3 Å². The van der Waals surface area contributed by atoms with E-state index in [1.165, 1.54) is 7.11 Å². The summed E-state index contributed by atoms with van der Waals surface area (Å²) in [6, 6.07) is 0. The smallest absolute Gasteiger partial charge is 0.309 e. The first-order valence-electron chi connectivity index (χ1n) is 5.42. The summed E-state index contributed by atoms with van der Waals surface area (Å²) in [7, 11) is 1.33. The van der Waals surface area contributed by atoms with Crippen LogP contribution in [0.15, 0.2) is 0 Å². The molecule has 0 aromatic rings. The Balaban J connectivity index is 2.15. The normalized spacial score (nSPS) is 38.7. The number of carboxylic acids is 1. The number of ether oxygens (including phenoxy) is 1. The van der Waals surface area contributed by atoms with Crippen molar-refractivity contribution in [1.82, 2.24) is 0 Å². The quantitative estimate of drug-likeness (QED) is 0.701. The van der Waals surface area contributed by atoms with Crippen LogP contribution in [0.5, 0.6) is 0 Å². The summed E-state index contributed by atoms with van der Waals surface area (Å²) in [6.45, 7) is 0. The van der Waals surface area contributed by atoms with Gasteiger partial charge in [0.05, 0.1) is 18.9 Å². The van der Waals surface area contributed by atoms with Crippen molar-refractivity contribution in [3.05, 3.63) is 0 Å². The molecule has 0 spiro atoms. The van der Waals surface area contributed by atoms with E-state index in [2.05, 4.69) is 0 Å². The molecule has 0 aromatic heterocycles. The highest BCUT2D eigenvalue weighted by Gasteiger charge is 2.45. The second kappa shape index (κ2) is 3.83. The predicted octanol–water partition coefficient (Wildman–Crippen LogP) is 1.30. The van der Waals surface area contributed by atoms with Crippen molar-refractivity contribution in [3.63, 3.8) is 0 Å². The monoisotopic (exact) mass is 212 g/mol. The molecule has 2 bridgehead atoms. The van der Waals surface area contributed by atoms with Gasteiger partial charge >= 0.3 is 11.9 Å². The zero-order chi connectivity index (χ0) is 11.0. The van der Waals surface area contributed by atoms with Gasteiger partial charge in [0.1, 0.15) is 0 Å². The molecule has 0 aliphatic heterocycles. The average Bonchev–Trinajstić information content (AvgIpc) is 2.43. The van der Waals surface area contributed by atoms with Crippen LogP contribution in [0.3, 0.4) is 0 Å². The van der Waals surface area contributed by atoms with Gasteiger partial charge in [0.25, 0.3) is 0 Å². The highest BCUT2D eigenvalue weighted by Crippen LogP contribution is 2.48. The van der Waals surface area contributed by atoms with Crippen molar-refractivity contribution in [1.29, 1.82) is 0 Å². The highest BCUT2D eigenvalue weighted by molar-refractivity contribution is 5.81. The van der Waals surface area contributed by atoms with Gasteiger partial charge in [-0.15, -0.1) is 0 Å². The Hall–Kier alpha value is -1.06. The van der Waals surface area contributed by atoms with Crippen molar-refractivity contribution >= 4 is 11.9 Å². The highest BCUT2D eigenvalue weighted by atomic mass is 16.5. The van der Waals surface area contributed by atoms with Crippen LogP contribution in [0.4, 0.5) is 0 Å². The van der Waals surface area contributed by atoms with Crippen molar-refractivity contribution in [2.75, 3.05) is 7.11 Å². The molecule has 0 heterocycles. The Morgan fingerprint density at radius 2 is 1.60 bits per heavy atom. The standard InChI is InChI=1S/C11H16O4/c1-15-11(14)9-5-7-2-6(3-7)4-8(9)10(12)13/h6-9H,2-5H2,1H3,(H,12,13). The molecular formula is C11H16O4. The number of rotatable bonds is 2. The summed E-state index contributed by atoms with van der Waals surface area (Å²) >= 11 is 0. The second-order valence-corrected chi connectivity index (χ2v) is 4.75. The molecule has 1 N–H and O–H groups in total. The fourth-order valence-corrected chi connectivity index (χ4v) is 2.99. The predicted molar refractivity (Wildman–Crippen MR) is 52.1 cm³/mol. The average molecular weight is 212 g/mol. The van der Waals surface area contributed by atoms with Crippen LogP contribution in [0.25, 0.3) is 0 Å². The molecule has 15 heavy (non-hydrogen) atoms. The molecule has 3 saturated carbocycles. The number of carboxylic acid groups (broad SMARTS) is 1. The fraction of sp³-hybridized carbons (Fsp3) is 0.818. The molecule has 3 rings (SSSR count). The van der Waals surface area contributed by atoms with Gasteiger partial charge in [0, 0.05) is 0 Å². The first-order chi connectivity index (χ1) is 7.11. The summed E-state index contributed by atoms with van der Waals surface area (Å²) in [5, 5.41) is 9.11. The molecule has 2 atom stereocenters. The zero-order valence-electron chi connectivity index (χ0n) is 8.81. The topological polar surface area (TPSA) is 63.6 Å². The van der Waals surface area contributed by atoms with E-state index in [1.54, 1.807) is 0 Å². The Morgan fingerprint density at radius 1 is 1.07 bits per heavy atom. The van der Waals surface area contributed by atoms with Gasteiger partial charge in [-0.05, 0) is 37.5 Å². The third kappa shape index (κ3) is 1.85. The molecule has 84 valence electrons. The molecule has 0 amide bonds. The van der Waals surface area contributed by atoms with Crippen LogP contribution in [0.1, 0.15) is 25.7 Å². The molecule has 4 nitrogen and oxygen atoms in total.